The number of amides is 1. The van der Waals surface area contributed by atoms with Gasteiger partial charge in [-0.2, -0.15) is 0 Å². The van der Waals surface area contributed by atoms with Gasteiger partial charge in [0.25, 0.3) is 0 Å². The Labute approximate surface area is 133 Å². The topological polar surface area (TPSA) is 49.8 Å². The first kappa shape index (κ1) is 14.9. The van der Waals surface area contributed by atoms with Crippen LogP contribution < -0.4 is 0 Å². The molecule has 0 radical (unpaired) electrons. The van der Waals surface area contributed by atoms with Gasteiger partial charge in [0, 0.05) is 43.7 Å². The molecule has 3 rings (SSSR count). The van der Waals surface area contributed by atoms with E-state index in [1.54, 1.807) is 6.07 Å². The number of phenols is 1. The minimum atomic E-state index is -0.105. The Morgan fingerprint density at radius 1 is 1.24 bits per heavy atom. The first-order valence-electron chi connectivity index (χ1n) is 7.12. The van der Waals surface area contributed by atoms with Crippen LogP contribution in [0.25, 0.3) is 0 Å². The molecule has 0 spiro atoms. The number of likely N-dealkylation sites (tertiary alicyclic amines) is 1. The van der Waals surface area contributed by atoms with E-state index in [4.69, 9.17) is 27.9 Å². The summed E-state index contributed by atoms with van der Waals surface area (Å²) in [4.78, 5) is 14.2. The minimum Gasteiger partial charge on any atom is -0.508 e. The standard InChI is InChI=1S/C15H17Cl2NO3/c16-11-1-2-12(19)14(15(11)17)9-7-13(20)18(8-9)10-3-5-21-6-4-10/h1-2,9-10,19H,3-8H2/t9-/m1/s1. The summed E-state index contributed by atoms with van der Waals surface area (Å²) in [7, 11) is 0. The molecule has 2 aliphatic rings. The number of halogens is 2. The van der Waals surface area contributed by atoms with Gasteiger partial charge in [-0.1, -0.05) is 23.2 Å². The largest absolute Gasteiger partial charge is 0.508 e. The van der Waals surface area contributed by atoms with E-state index >= 15 is 0 Å². The fraction of sp³-hybridized carbons (Fsp3) is 0.533. The average Bonchev–Trinajstić information content (AvgIpc) is 2.86. The van der Waals surface area contributed by atoms with Crippen LogP contribution in [0.3, 0.4) is 0 Å². The molecule has 4 nitrogen and oxygen atoms in total. The van der Waals surface area contributed by atoms with Gasteiger partial charge in [0.05, 0.1) is 10.0 Å². The van der Waals surface area contributed by atoms with E-state index < -0.39 is 0 Å². The molecule has 1 N–H and O–H groups in total. The highest BCUT2D eigenvalue weighted by atomic mass is 35.5. The fourth-order valence-corrected chi connectivity index (χ4v) is 3.70. The van der Waals surface area contributed by atoms with Crippen LogP contribution in [0.5, 0.6) is 5.75 Å². The third-order valence-corrected chi connectivity index (χ3v) is 5.13. The predicted octanol–water partition coefficient (Wildman–Crippen LogP) is 3.19. The van der Waals surface area contributed by atoms with Crippen molar-refractivity contribution in [1.82, 2.24) is 4.90 Å². The average molecular weight is 330 g/mol. The van der Waals surface area contributed by atoms with Gasteiger partial charge in [-0.25, -0.2) is 0 Å². The van der Waals surface area contributed by atoms with Gasteiger partial charge >= 0.3 is 0 Å². The minimum absolute atomic E-state index is 0.105. The molecule has 0 aliphatic carbocycles. The highest BCUT2D eigenvalue weighted by Gasteiger charge is 2.37. The van der Waals surface area contributed by atoms with E-state index in [9.17, 15) is 9.90 Å². The quantitative estimate of drug-likeness (QED) is 0.906. The third kappa shape index (κ3) is 2.85. The summed E-state index contributed by atoms with van der Waals surface area (Å²) >= 11 is 12.2. The molecule has 2 fully saturated rings. The molecular weight excluding hydrogens is 313 g/mol. The Morgan fingerprint density at radius 2 is 1.95 bits per heavy atom. The molecule has 2 aliphatic heterocycles. The van der Waals surface area contributed by atoms with Crippen molar-refractivity contribution in [3.63, 3.8) is 0 Å². The zero-order valence-corrected chi connectivity index (χ0v) is 13.0. The lowest BCUT2D eigenvalue weighted by Crippen LogP contribution is -2.40. The van der Waals surface area contributed by atoms with Crippen LogP contribution in [-0.4, -0.2) is 41.7 Å². The van der Waals surface area contributed by atoms with Gasteiger partial charge in [-0.15, -0.1) is 0 Å². The maximum Gasteiger partial charge on any atom is 0.223 e. The Kier molecular flexibility index (Phi) is 4.29. The number of phenolic OH excluding ortho intramolecular Hbond substituents is 1. The lowest BCUT2D eigenvalue weighted by Gasteiger charge is -2.31. The lowest BCUT2D eigenvalue weighted by molar-refractivity contribution is -0.131. The zero-order chi connectivity index (χ0) is 15.0. The molecule has 1 aromatic carbocycles. The van der Waals surface area contributed by atoms with Crippen LogP contribution in [0, 0.1) is 0 Å². The zero-order valence-electron chi connectivity index (χ0n) is 11.5. The van der Waals surface area contributed by atoms with E-state index in [0.29, 0.717) is 41.8 Å². The van der Waals surface area contributed by atoms with Crippen LogP contribution in [0.4, 0.5) is 0 Å². The second-order valence-corrected chi connectivity index (χ2v) is 6.37. The van der Waals surface area contributed by atoms with E-state index in [0.717, 1.165) is 12.8 Å². The first-order valence-corrected chi connectivity index (χ1v) is 7.87. The van der Waals surface area contributed by atoms with Crippen molar-refractivity contribution in [2.75, 3.05) is 19.8 Å². The first-order chi connectivity index (χ1) is 10.1. The predicted molar refractivity (Wildman–Crippen MR) is 81.0 cm³/mol. The maximum absolute atomic E-state index is 12.3. The smallest absolute Gasteiger partial charge is 0.223 e. The monoisotopic (exact) mass is 329 g/mol. The number of hydrogen-bond acceptors (Lipinski definition) is 3. The fourth-order valence-electron chi connectivity index (χ4n) is 3.22. The van der Waals surface area contributed by atoms with Crippen molar-refractivity contribution in [2.45, 2.75) is 31.2 Å². The van der Waals surface area contributed by atoms with Crippen LogP contribution in [0.15, 0.2) is 12.1 Å². The molecule has 2 heterocycles. The highest BCUT2D eigenvalue weighted by Crippen LogP contribution is 2.42. The molecule has 21 heavy (non-hydrogen) atoms. The second kappa shape index (κ2) is 6.03. The Hall–Kier alpha value is -0.970. The summed E-state index contributed by atoms with van der Waals surface area (Å²) in [5.41, 5.74) is 0.590. The number of carbonyl (C=O) groups is 1. The third-order valence-electron chi connectivity index (χ3n) is 4.31. The Morgan fingerprint density at radius 3 is 2.67 bits per heavy atom. The van der Waals surface area contributed by atoms with Crippen LogP contribution in [0.2, 0.25) is 10.0 Å². The highest BCUT2D eigenvalue weighted by molar-refractivity contribution is 6.42. The second-order valence-electron chi connectivity index (χ2n) is 5.58. The molecule has 1 amide bonds. The van der Waals surface area contributed by atoms with Crippen molar-refractivity contribution >= 4 is 29.1 Å². The molecule has 0 saturated carbocycles. The molecule has 0 unspecified atom stereocenters. The van der Waals surface area contributed by atoms with Crippen molar-refractivity contribution in [1.29, 1.82) is 0 Å². The molecule has 1 aromatic rings. The summed E-state index contributed by atoms with van der Waals surface area (Å²) in [6.07, 6.45) is 2.10. The normalized spacial score (nSPS) is 23.8. The SMILES string of the molecule is O=C1C[C@@H](c2c(O)ccc(Cl)c2Cl)CN1C1CCOCC1. The van der Waals surface area contributed by atoms with E-state index in [1.165, 1.54) is 6.07 Å². The molecule has 114 valence electrons. The summed E-state index contributed by atoms with van der Waals surface area (Å²) in [6.45, 7) is 1.97. The van der Waals surface area contributed by atoms with Gasteiger partial charge in [0.15, 0.2) is 0 Å². The van der Waals surface area contributed by atoms with Crippen LogP contribution in [0.1, 0.15) is 30.7 Å². The van der Waals surface area contributed by atoms with Gasteiger partial charge in [0.2, 0.25) is 5.91 Å². The summed E-state index contributed by atoms with van der Waals surface area (Å²) in [5, 5.41) is 10.8. The number of nitrogens with zero attached hydrogens (tertiary/aromatic N) is 1. The molecule has 0 aromatic heterocycles. The van der Waals surface area contributed by atoms with Gasteiger partial charge in [0.1, 0.15) is 5.75 Å². The lowest BCUT2D eigenvalue weighted by atomic mass is 9.97. The van der Waals surface area contributed by atoms with Crippen molar-refractivity contribution in [3.8, 4) is 5.75 Å². The van der Waals surface area contributed by atoms with Crippen LogP contribution in [-0.2, 0) is 9.53 Å². The number of aromatic hydroxyl groups is 1. The number of rotatable bonds is 2. The molecule has 1 atom stereocenters. The number of hydrogen-bond donors (Lipinski definition) is 1. The molecule has 0 bridgehead atoms. The number of ether oxygens (including phenoxy) is 1. The van der Waals surface area contributed by atoms with Crippen molar-refractivity contribution in [2.24, 2.45) is 0 Å². The Balaban J connectivity index is 1.83. The van der Waals surface area contributed by atoms with Gasteiger partial charge in [-0.05, 0) is 25.0 Å². The van der Waals surface area contributed by atoms with Gasteiger partial charge < -0.3 is 14.7 Å². The van der Waals surface area contributed by atoms with E-state index in [-0.39, 0.29) is 23.6 Å². The summed E-state index contributed by atoms with van der Waals surface area (Å²) in [6, 6.07) is 3.33. The Bertz CT molecular complexity index is 558. The van der Waals surface area contributed by atoms with E-state index in [2.05, 4.69) is 0 Å². The number of benzene rings is 1. The molecule has 6 heteroatoms. The van der Waals surface area contributed by atoms with Crippen molar-refractivity contribution in [3.05, 3.63) is 27.7 Å². The summed E-state index contributed by atoms with van der Waals surface area (Å²) < 4.78 is 5.34. The summed E-state index contributed by atoms with van der Waals surface area (Å²) in [5.74, 6) is 0.116. The maximum atomic E-state index is 12.3. The molecular formula is C15H17Cl2NO3. The van der Waals surface area contributed by atoms with Gasteiger partial charge in [-0.3, -0.25) is 4.79 Å². The number of carbonyl (C=O) groups excluding carboxylic acids is 1. The van der Waals surface area contributed by atoms with E-state index in [1.807, 2.05) is 4.90 Å². The van der Waals surface area contributed by atoms with Crippen LogP contribution >= 0.6 is 23.2 Å². The van der Waals surface area contributed by atoms with Crippen molar-refractivity contribution < 1.29 is 14.6 Å². The molecule has 2 saturated heterocycles.